The quantitative estimate of drug-likeness (QED) is 0.0424. The molecule has 0 radical (unpaired) electrons. The zero-order valence-electron chi connectivity index (χ0n) is 26.0. The van der Waals surface area contributed by atoms with Crippen LogP contribution in [-0.4, -0.2) is 50.3 Å². The number of carbonyl (C=O) groups is 4. The third-order valence-electron chi connectivity index (χ3n) is 7.09. The largest absolute Gasteiger partial charge is 0.465 e. The molecule has 0 spiro atoms. The van der Waals surface area contributed by atoms with Gasteiger partial charge in [-0.3, -0.25) is 19.2 Å². The SMILES string of the molecule is C.C.C.C.C=CCCOC(=O)CCC(=O)OCCOC(=O)C(C)(C)CC(C)(CC)C(=O)OCCCCCCCCCCCC. The normalized spacial score (nSPS) is 11.6. The van der Waals surface area contributed by atoms with E-state index in [-0.39, 0.29) is 74.8 Å². The van der Waals surface area contributed by atoms with Gasteiger partial charge < -0.3 is 18.9 Å². The van der Waals surface area contributed by atoms with E-state index in [1.807, 2.05) is 13.8 Å². The summed E-state index contributed by atoms with van der Waals surface area (Å²) in [6.07, 6.45) is 15.0. The van der Waals surface area contributed by atoms with Gasteiger partial charge in [-0.25, -0.2) is 0 Å². The van der Waals surface area contributed by atoms with Crippen LogP contribution >= 0.6 is 0 Å². The summed E-state index contributed by atoms with van der Waals surface area (Å²) in [5.74, 6) is -1.81. The average molecular weight is 633 g/mol. The van der Waals surface area contributed by atoms with Crippen molar-refractivity contribution in [1.82, 2.24) is 0 Å². The molecule has 0 fully saturated rings. The van der Waals surface area contributed by atoms with Gasteiger partial charge in [-0.2, -0.15) is 0 Å². The van der Waals surface area contributed by atoms with E-state index in [0.717, 1.165) is 19.3 Å². The molecule has 0 aliphatic rings. The molecule has 0 aliphatic heterocycles. The first-order valence-electron chi connectivity index (χ1n) is 15.3. The van der Waals surface area contributed by atoms with Crippen molar-refractivity contribution in [3.8, 4) is 0 Å². The van der Waals surface area contributed by atoms with E-state index in [9.17, 15) is 19.2 Å². The Morgan fingerprint density at radius 2 is 1.02 bits per heavy atom. The third kappa shape index (κ3) is 25.0. The van der Waals surface area contributed by atoms with Gasteiger partial charge in [0, 0.05) is 0 Å². The smallest absolute Gasteiger partial charge is 0.311 e. The van der Waals surface area contributed by atoms with Crippen molar-refractivity contribution < 1.29 is 38.1 Å². The van der Waals surface area contributed by atoms with Gasteiger partial charge in [0.1, 0.15) is 13.2 Å². The van der Waals surface area contributed by atoms with Gasteiger partial charge in [0.05, 0.1) is 36.9 Å². The summed E-state index contributed by atoms with van der Waals surface area (Å²) >= 11 is 0. The highest BCUT2D eigenvalue weighted by Crippen LogP contribution is 2.38. The number of esters is 4. The number of ether oxygens (including phenoxy) is 4. The molecule has 0 aliphatic carbocycles. The number of rotatable bonds is 25. The van der Waals surface area contributed by atoms with Crippen LogP contribution in [-0.2, 0) is 38.1 Å². The van der Waals surface area contributed by atoms with E-state index in [4.69, 9.17) is 18.9 Å². The summed E-state index contributed by atoms with van der Waals surface area (Å²) < 4.78 is 20.9. The molecule has 0 rings (SSSR count). The van der Waals surface area contributed by atoms with Crippen LogP contribution in [0.2, 0.25) is 0 Å². The van der Waals surface area contributed by atoms with E-state index < -0.39 is 28.7 Å². The fourth-order valence-corrected chi connectivity index (χ4v) is 4.41. The molecule has 0 saturated heterocycles. The second-order valence-electron chi connectivity index (χ2n) is 11.4. The minimum absolute atomic E-state index is 0. The van der Waals surface area contributed by atoms with Crippen molar-refractivity contribution in [2.24, 2.45) is 10.8 Å². The fraction of sp³-hybridized carbons (Fsp3) is 0.833. The topological polar surface area (TPSA) is 105 Å². The molecule has 0 N–H and O–H groups in total. The molecule has 0 saturated carbocycles. The highest BCUT2D eigenvalue weighted by molar-refractivity contribution is 5.80. The van der Waals surface area contributed by atoms with Crippen LogP contribution in [0.3, 0.4) is 0 Å². The summed E-state index contributed by atoms with van der Waals surface area (Å²) in [5, 5.41) is 0. The van der Waals surface area contributed by atoms with Crippen molar-refractivity contribution >= 4 is 23.9 Å². The first-order valence-corrected chi connectivity index (χ1v) is 15.3. The first kappa shape index (κ1) is 51.2. The van der Waals surface area contributed by atoms with Crippen LogP contribution in [0.4, 0.5) is 0 Å². The number of hydrogen-bond acceptors (Lipinski definition) is 8. The molecule has 0 aromatic carbocycles. The van der Waals surface area contributed by atoms with Gasteiger partial charge in [0.25, 0.3) is 0 Å². The summed E-state index contributed by atoms with van der Waals surface area (Å²) in [7, 11) is 0. The van der Waals surface area contributed by atoms with E-state index in [0.29, 0.717) is 19.4 Å². The number of carbonyl (C=O) groups excluding carboxylic acids is 4. The lowest BCUT2D eigenvalue weighted by molar-refractivity contribution is -0.165. The maximum Gasteiger partial charge on any atom is 0.311 e. The van der Waals surface area contributed by atoms with Gasteiger partial charge in [-0.15, -0.1) is 6.58 Å². The Kier molecular flexibility index (Phi) is 35.7. The standard InChI is InChI=1S/C32H56O8.4CH4/c1-7-10-12-13-14-15-16-17-18-19-23-39-30(36)32(6,9-3)26-31(4,5)29(35)40-25-24-38-28(34)21-20-27(33)37-22-11-8-2;;;;/h8H,2,7,9-26H2,1,3-6H3;4*1H4. The van der Waals surface area contributed by atoms with E-state index in [1.54, 1.807) is 19.9 Å². The van der Waals surface area contributed by atoms with Crippen LogP contribution in [0.1, 0.15) is 161 Å². The van der Waals surface area contributed by atoms with Crippen molar-refractivity contribution in [3.05, 3.63) is 12.7 Å². The van der Waals surface area contributed by atoms with Crippen molar-refractivity contribution in [2.75, 3.05) is 26.4 Å². The molecule has 1 unspecified atom stereocenters. The van der Waals surface area contributed by atoms with E-state index in [1.165, 1.54) is 44.9 Å². The molecule has 8 heteroatoms. The maximum absolute atomic E-state index is 12.9. The Morgan fingerprint density at radius 1 is 0.591 bits per heavy atom. The minimum atomic E-state index is -0.930. The Bertz CT molecular complexity index is 746. The van der Waals surface area contributed by atoms with Crippen LogP contribution in [0.25, 0.3) is 0 Å². The van der Waals surface area contributed by atoms with Crippen molar-refractivity contribution in [1.29, 1.82) is 0 Å². The number of unbranched alkanes of at least 4 members (excludes halogenated alkanes) is 9. The second kappa shape index (κ2) is 30.6. The number of hydrogen-bond donors (Lipinski definition) is 0. The van der Waals surface area contributed by atoms with Crippen LogP contribution in [0.5, 0.6) is 0 Å². The fourth-order valence-electron chi connectivity index (χ4n) is 4.41. The molecule has 0 aromatic heterocycles. The predicted molar refractivity (Wildman–Crippen MR) is 183 cm³/mol. The maximum atomic E-state index is 12.9. The molecule has 0 aromatic rings. The van der Waals surface area contributed by atoms with Gasteiger partial charge in [0.15, 0.2) is 0 Å². The molecule has 264 valence electrons. The average Bonchev–Trinajstić information content (AvgIpc) is 2.92. The highest BCUT2D eigenvalue weighted by Gasteiger charge is 2.42. The summed E-state index contributed by atoms with van der Waals surface area (Å²) in [6, 6.07) is 0. The summed E-state index contributed by atoms with van der Waals surface area (Å²) in [6.45, 7) is 13.4. The molecular weight excluding hydrogens is 560 g/mol. The van der Waals surface area contributed by atoms with Gasteiger partial charge in [-0.1, -0.05) is 107 Å². The van der Waals surface area contributed by atoms with Gasteiger partial charge in [0.2, 0.25) is 0 Å². The van der Waals surface area contributed by atoms with E-state index >= 15 is 0 Å². The predicted octanol–water partition coefficient (Wildman–Crippen LogP) is 9.81. The van der Waals surface area contributed by atoms with Crippen LogP contribution in [0.15, 0.2) is 12.7 Å². The molecular formula is C36H72O8. The molecule has 0 heterocycles. The van der Waals surface area contributed by atoms with Crippen LogP contribution < -0.4 is 0 Å². The summed E-state index contributed by atoms with van der Waals surface area (Å²) in [4.78, 5) is 49.0. The van der Waals surface area contributed by atoms with Crippen LogP contribution in [0, 0.1) is 10.8 Å². The minimum Gasteiger partial charge on any atom is -0.465 e. The Labute approximate surface area is 272 Å². The van der Waals surface area contributed by atoms with Crippen molar-refractivity contribution in [3.63, 3.8) is 0 Å². The Balaban J connectivity index is -0.00000127. The highest BCUT2D eigenvalue weighted by atomic mass is 16.6. The second-order valence-corrected chi connectivity index (χ2v) is 11.4. The third-order valence-corrected chi connectivity index (χ3v) is 7.09. The molecule has 8 nitrogen and oxygen atoms in total. The van der Waals surface area contributed by atoms with Gasteiger partial charge in [-0.05, 0) is 46.5 Å². The Hall–Kier alpha value is -2.38. The summed E-state index contributed by atoms with van der Waals surface area (Å²) in [5.41, 5.74) is -1.74. The lowest BCUT2D eigenvalue weighted by Gasteiger charge is -2.33. The molecule has 0 bridgehead atoms. The van der Waals surface area contributed by atoms with Crippen molar-refractivity contribution in [2.45, 2.75) is 161 Å². The molecule has 0 amide bonds. The zero-order chi connectivity index (χ0) is 30.3. The van der Waals surface area contributed by atoms with Gasteiger partial charge >= 0.3 is 23.9 Å². The molecule has 1 atom stereocenters. The lowest BCUT2D eigenvalue weighted by Crippen LogP contribution is -2.39. The Morgan fingerprint density at radius 3 is 1.50 bits per heavy atom. The monoisotopic (exact) mass is 633 g/mol. The molecule has 44 heavy (non-hydrogen) atoms. The van der Waals surface area contributed by atoms with E-state index in [2.05, 4.69) is 13.5 Å². The zero-order valence-corrected chi connectivity index (χ0v) is 26.0. The lowest BCUT2D eigenvalue weighted by atomic mass is 9.72. The first-order chi connectivity index (χ1) is 19.0.